The Labute approximate surface area is 128 Å². The van der Waals surface area contributed by atoms with Crippen molar-refractivity contribution < 1.29 is 4.79 Å². The molecule has 0 aromatic heterocycles. The Morgan fingerprint density at radius 1 is 1.19 bits per heavy atom. The lowest BCUT2D eigenvalue weighted by atomic mass is 9.81. The molecule has 2 heteroatoms. The molecule has 2 nitrogen and oxygen atoms in total. The van der Waals surface area contributed by atoms with Crippen LogP contribution in [-0.2, 0) is 10.2 Å². The van der Waals surface area contributed by atoms with Crippen LogP contribution < -0.4 is 5.32 Å². The molecule has 0 radical (unpaired) electrons. The number of nitrogens with one attached hydrogen (secondary N) is 1. The van der Waals surface area contributed by atoms with Crippen LogP contribution in [0.2, 0.25) is 0 Å². The predicted octanol–water partition coefficient (Wildman–Crippen LogP) is 3.91. The van der Waals surface area contributed by atoms with Crippen molar-refractivity contribution >= 4 is 5.91 Å². The normalized spacial score (nSPS) is 29.4. The van der Waals surface area contributed by atoms with E-state index in [1.165, 1.54) is 25.7 Å². The lowest BCUT2D eigenvalue weighted by molar-refractivity contribution is -0.126. The third-order valence-corrected chi connectivity index (χ3v) is 5.86. The highest BCUT2D eigenvalue weighted by Gasteiger charge is 2.43. The molecule has 4 atom stereocenters. The summed E-state index contributed by atoms with van der Waals surface area (Å²) in [5.41, 5.74) is 0.621. The summed E-state index contributed by atoms with van der Waals surface area (Å²) in [4.78, 5) is 12.7. The molecule has 4 unspecified atom stereocenters. The fourth-order valence-electron chi connectivity index (χ4n) is 4.39. The lowest BCUT2D eigenvalue weighted by Crippen LogP contribution is -2.47. The molecule has 2 fully saturated rings. The van der Waals surface area contributed by atoms with E-state index in [0.717, 1.165) is 17.4 Å². The maximum atomic E-state index is 12.7. The van der Waals surface area contributed by atoms with E-state index in [2.05, 4.69) is 12.2 Å². The van der Waals surface area contributed by atoms with E-state index in [4.69, 9.17) is 0 Å². The van der Waals surface area contributed by atoms with Crippen LogP contribution in [-0.4, -0.2) is 11.9 Å². The number of benzene rings is 1. The highest BCUT2D eigenvalue weighted by atomic mass is 16.2. The topological polar surface area (TPSA) is 29.1 Å². The average molecular weight is 285 g/mol. The Bertz CT molecular complexity index is 508. The highest BCUT2D eigenvalue weighted by Crippen LogP contribution is 2.49. The van der Waals surface area contributed by atoms with Gasteiger partial charge >= 0.3 is 0 Å². The van der Waals surface area contributed by atoms with Gasteiger partial charge in [0.1, 0.15) is 0 Å². The molecular formula is C19H27NO. The van der Waals surface area contributed by atoms with Gasteiger partial charge in [0, 0.05) is 6.04 Å². The number of rotatable bonds is 4. The molecule has 2 aliphatic rings. The van der Waals surface area contributed by atoms with E-state index in [-0.39, 0.29) is 5.91 Å². The number of hydrogen-bond donors (Lipinski definition) is 1. The number of amides is 1. The first kappa shape index (κ1) is 14.6. The highest BCUT2D eigenvalue weighted by molar-refractivity contribution is 5.87. The van der Waals surface area contributed by atoms with Crippen molar-refractivity contribution in [3.8, 4) is 0 Å². The van der Waals surface area contributed by atoms with Crippen LogP contribution >= 0.6 is 0 Å². The molecular weight excluding hydrogens is 258 g/mol. The van der Waals surface area contributed by atoms with Gasteiger partial charge in [-0.1, -0.05) is 36.8 Å². The van der Waals surface area contributed by atoms with Crippen LogP contribution in [0.4, 0.5) is 0 Å². The number of hydrogen-bond acceptors (Lipinski definition) is 1. The lowest BCUT2D eigenvalue weighted by Gasteiger charge is -2.32. The summed E-state index contributed by atoms with van der Waals surface area (Å²) in [6, 6.07) is 10.4. The van der Waals surface area contributed by atoms with Crippen molar-refractivity contribution in [1.82, 2.24) is 5.32 Å². The standard InChI is InChI=1S/C19H27NO/c1-13(17-12-14-9-10-15(17)11-14)20-18(21)19(2,3)16-7-5-4-6-8-16/h4-8,13-15,17H,9-12H2,1-3H3,(H,20,21). The van der Waals surface area contributed by atoms with E-state index in [1.54, 1.807) is 0 Å². The number of carbonyl (C=O) groups is 1. The summed E-state index contributed by atoms with van der Waals surface area (Å²) in [5.74, 6) is 2.63. The summed E-state index contributed by atoms with van der Waals surface area (Å²) in [6.07, 6.45) is 5.50. The van der Waals surface area contributed by atoms with Gasteiger partial charge in [-0.2, -0.15) is 0 Å². The molecule has 0 saturated heterocycles. The molecule has 0 aliphatic heterocycles. The second kappa shape index (κ2) is 5.47. The Kier molecular flexibility index (Phi) is 3.81. The van der Waals surface area contributed by atoms with Crippen molar-refractivity contribution in [2.75, 3.05) is 0 Å². The molecule has 1 N–H and O–H groups in total. The van der Waals surface area contributed by atoms with Gasteiger partial charge in [-0.15, -0.1) is 0 Å². The minimum Gasteiger partial charge on any atom is -0.353 e. The van der Waals surface area contributed by atoms with E-state index in [1.807, 2.05) is 44.2 Å². The maximum Gasteiger partial charge on any atom is 0.230 e. The van der Waals surface area contributed by atoms with Gasteiger partial charge in [0.15, 0.2) is 0 Å². The predicted molar refractivity (Wildman–Crippen MR) is 86.0 cm³/mol. The van der Waals surface area contributed by atoms with Gasteiger partial charge in [-0.3, -0.25) is 4.79 Å². The third-order valence-electron chi connectivity index (χ3n) is 5.86. The zero-order chi connectivity index (χ0) is 15.0. The first-order chi connectivity index (χ1) is 9.98. The smallest absolute Gasteiger partial charge is 0.230 e. The molecule has 114 valence electrons. The van der Waals surface area contributed by atoms with Gasteiger partial charge in [0.05, 0.1) is 5.41 Å². The van der Waals surface area contributed by atoms with E-state index >= 15 is 0 Å². The number of fused-ring (bicyclic) bond motifs is 2. The van der Waals surface area contributed by atoms with Gasteiger partial charge in [0.25, 0.3) is 0 Å². The minimum absolute atomic E-state index is 0.156. The molecule has 2 saturated carbocycles. The third kappa shape index (κ3) is 2.73. The monoisotopic (exact) mass is 285 g/mol. The number of carbonyl (C=O) groups excluding carboxylic acids is 1. The van der Waals surface area contributed by atoms with Crippen LogP contribution in [0.5, 0.6) is 0 Å². The fourth-order valence-corrected chi connectivity index (χ4v) is 4.39. The van der Waals surface area contributed by atoms with Crippen LogP contribution in [0.3, 0.4) is 0 Å². The molecule has 1 aromatic carbocycles. The van der Waals surface area contributed by atoms with Crippen molar-refractivity contribution in [1.29, 1.82) is 0 Å². The van der Waals surface area contributed by atoms with Gasteiger partial charge in [0.2, 0.25) is 5.91 Å². The van der Waals surface area contributed by atoms with Crippen LogP contribution in [0, 0.1) is 17.8 Å². The van der Waals surface area contributed by atoms with Gasteiger partial charge < -0.3 is 5.32 Å². The van der Waals surface area contributed by atoms with Crippen molar-refractivity contribution in [2.24, 2.45) is 17.8 Å². The van der Waals surface area contributed by atoms with E-state index in [9.17, 15) is 4.79 Å². The molecule has 21 heavy (non-hydrogen) atoms. The second-order valence-electron chi connectivity index (χ2n) is 7.59. The fraction of sp³-hybridized carbons (Fsp3) is 0.632. The molecule has 2 bridgehead atoms. The quantitative estimate of drug-likeness (QED) is 0.893. The molecule has 3 rings (SSSR count). The van der Waals surface area contributed by atoms with Crippen molar-refractivity contribution in [3.05, 3.63) is 35.9 Å². The minimum atomic E-state index is -0.465. The van der Waals surface area contributed by atoms with Crippen LogP contribution in [0.15, 0.2) is 30.3 Å². The Hall–Kier alpha value is -1.31. The zero-order valence-electron chi connectivity index (χ0n) is 13.4. The average Bonchev–Trinajstić information content (AvgIpc) is 3.10. The maximum absolute atomic E-state index is 12.7. The molecule has 0 spiro atoms. The second-order valence-corrected chi connectivity index (χ2v) is 7.59. The molecule has 2 aliphatic carbocycles. The first-order valence-corrected chi connectivity index (χ1v) is 8.35. The Balaban J connectivity index is 1.66. The summed E-state index contributed by atoms with van der Waals surface area (Å²) < 4.78 is 0. The zero-order valence-corrected chi connectivity index (χ0v) is 13.4. The van der Waals surface area contributed by atoms with Crippen molar-refractivity contribution in [3.63, 3.8) is 0 Å². The Morgan fingerprint density at radius 3 is 2.48 bits per heavy atom. The van der Waals surface area contributed by atoms with Crippen LogP contribution in [0.1, 0.15) is 52.0 Å². The largest absolute Gasteiger partial charge is 0.353 e. The molecule has 0 heterocycles. The van der Waals surface area contributed by atoms with E-state index < -0.39 is 5.41 Å². The van der Waals surface area contributed by atoms with Crippen LogP contribution in [0.25, 0.3) is 0 Å². The van der Waals surface area contributed by atoms with E-state index in [0.29, 0.717) is 12.0 Å². The van der Waals surface area contributed by atoms with Gasteiger partial charge in [-0.05, 0) is 63.4 Å². The summed E-state index contributed by atoms with van der Waals surface area (Å²) in [6.45, 7) is 6.24. The van der Waals surface area contributed by atoms with Crippen molar-refractivity contribution in [2.45, 2.75) is 57.9 Å². The SMILES string of the molecule is CC(NC(=O)C(C)(C)c1ccccc1)C1CC2CCC1C2. The molecule has 1 amide bonds. The molecule has 1 aromatic rings. The Morgan fingerprint density at radius 2 is 1.90 bits per heavy atom. The van der Waals surface area contributed by atoms with Gasteiger partial charge in [-0.25, -0.2) is 0 Å². The summed E-state index contributed by atoms with van der Waals surface area (Å²) >= 11 is 0. The summed E-state index contributed by atoms with van der Waals surface area (Å²) in [7, 11) is 0. The first-order valence-electron chi connectivity index (χ1n) is 8.35. The summed E-state index contributed by atoms with van der Waals surface area (Å²) in [5, 5.41) is 3.31.